The molecule has 17 heavy (non-hydrogen) atoms. The summed E-state index contributed by atoms with van der Waals surface area (Å²) in [6.07, 6.45) is 1.69. The van der Waals surface area contributed by atoms with Gasteiger partial charge in [-0.1, -0.05) is 18.2 Å². The second kappa shape index (κ2) is 4.93. The molecule has 0 bridgehead atoms. The summed E-state index contributed by atoms with van der Waals surface area (Å²) in [6, 6.07) is 7.32. The van der Waals surface area contributed by atoms with Gasteiger partial charge >= 0.3 is 0 Å². The molecule has 0 saturated carbocycles. The van der Waals surface area contributed by atoms with Crippen molar-refractivity contribution in [1.82, 2.24) is 9.97 Å². The number of ether oxygens (including phenoxy) is 1. The fourth-order valence-electron chi connectivity index (χ4n) is 1.45. The molecule has 0 radical (unpaired) electrons. The van der Waals surface area contributed by atoms with Gasteiger partial charge in [0.25, 0.3) is 0 Å². The van der Waals surface area contributed by atoms with E-state index in [0.29, 0.717) is 11.6 Å². The third-order valence-electron chi connectivity index (χ3n) is 2.38. The lowest BCUT2D eigenvalue weighted by Crippen LogP contribution is -1.98. The Morgan fingerprint density at radius 2 is 2.00 bits per heavy atom. The van der Waals surface area contributed by atoms with Crippen LogP contribution in [0.4, 0.5) is 0 Å². The van der Waals surface area contributed by atoms with Crippen molar-refractivity contribution < 1.29 is 9.84 Å². The van der Waals surface area contributed by atoms with Gasteiger partial charge in [0.2, 0.25) is 5.88 Å². The van der Waals surface area contributed by atoms with Crippen LogP contribution in [0.2, 0.25) is 0 Å². The predicted octanol–water partition coefficient (Wildman–Crippen LogP) is 2.38. The van der Waals surface area contributed by atoms with Crippen LogP contribution in [0.5, 0.6) is 11.6 Å². The molecule has 1 heterocycles. The highest BCUT2D eigenvalue weighted by Crippen LogP contribution is 2.25. The van der Waals surface area contributed by atoms with Crippen LogP contribution in [0, 0.1) is 13.8 Å². The number of hydrogen-bond acceptors (Lipinski definition) is 4. The molecular formula is C13H14N2O2. The molecule has 0 spiro atoms. The molecule has 2 rings (SSSR count). The minimum atomic E-state index is -0.0610. The van der Waals surface area contributed by atoms with E-state index in [9.17, 15) is 5.11 Å². The van der Waals surface area contributed by atoms with Gasteiger partial charge in [-0.05, 0) is 19.9 Å². The lowest BCUT2D eigenvalue weighted by molar-refractivity contribution is 0.276. The van der Waals surface area contributed by atoms with Crippen LogP contribution in [-0.4, -0.2) is 15.1 Å². The van der Waals surface area contributed by atoms with Gasteiger partial charge < -0.3 is 9.84 Å². The highest BCUT2D eigenvalue weighted by atomic mass is 16.5. The molecule has 0 unspecified atom stereocenters. The van der Waals surface area contributed by atoms with E-state index in [1.807, 2.05) is 32.0 Å². The third kappa shape index (κ3) is 2.60. The highest BCUT2D eigenvalue weighted by molar-refractivity contribution is 5.36. The van der Waals surface area contributed by atoms with Crippen molar-refractivity contribution in [3.63, 3.8) is 0 Å². The first-order chi connectivity index (χ1) is 8.20. The van der Waals surface area contributed by atoms with E-state index >= 15 is 0 Å². The van der Waals surface area contributed by atoms with E-state index < -0.39 is 0 Å². The number of aromatic nitrogens is 2. The molecule has 4 nitrogen and oxygen atoms in total. The Morgan fingerprint density at radius 3 is 2.76 bits per heavy atom. The summed E-state index contributed by atoms with van der Waals surface area (Å²) < 4.78 is 5.68. The van der Waals surface area contributed by atoms with Gasteiger partial charge in [0.05, 0.1) is 18.0 Å². The van der Waals surface area contributed by atoms with E-state index in [1.165, 1.54) is 0 Å². The van der Waals surface area contributed by atoms with Gasteiger partial charge in [0, 0.05) is 11.8 Å². The smallest absolute Gasteiger partial charge is 0.241 e. The topological polar surface area (TPSA) is 55.2 Å². The fraction of sp³-hybridized carbons (Fsp3) is 0.231. The number of hydrogen-bond donors (Lipinski definition) is 1. The molecule has 2 aromatic rings. The molecule has 88 valence electrons. The summed E-state index contributed by atoms with van der Waals surface area (Å²) >= 11 is 0. The van der Waals surface area contributed by atoms with Gasteiger partial charge in [-0.3, -0.25) is 4.98 Å². The molecule has 0 atom stereocenters. The maximum absolute atomic E-state index is 9.20. The molecule has 0 aliphatic heterocycles. The largest absolute Gasteiger partial charge is 0.437 e. The normalized spacial score (nSPS) is 10.3. The molecule has 0 amide bonds. The zero-order valence-electron chi connectivity index (χ0n) is 9.84. The quantitative estimate of drug-likeness (QED) is 0.879. The Morgan fingerprint density at radius 1 is 1.24 bits per heavy atom. The van der Waals surface area contributed by atoms with Gasteiger partial charge in [-0.25, -0.2) is 4.98 Å². The first-order valence-electron chi connectivity index (χ1n) is 5.37. The molecule has 0 fully saturated rings. The van der Waals surface area contributed by atoms with Crippen molar-refractivity contribution in [2.75, 3.05) is 0 Å². The molecule has 1 N–H and O–H groups in total. The Kier molecular flexibility index (Phi) is 3.35. The van der Waals surface area contributed by atoms with Crippen molar-refractivity contribution in [3.05, 3.63) is 47.4 Å². The Hall–Kier alpha value is -1.94. The predicted molar refractivity (Wildman–Crippen MR) is 63.9 cm³/mol. The molecule has 1 aromatic carbocycles. The number of aryl methyl sites for hydroxylation is 2. The van der Waals surface area contributed by atoms with Crippen molar-refractivity contribution in [1.29, 1.82) is 0 Å². The summed E-state index contributed by atoms with van der Waals surface area (Å²) in [5.74, 6) is 1.09. The van der Waals surface area contributed by atoms with Crippen LogP contribution in [-0.2, 0) is 6.61 Å². The van der Waals surface area contributed by atoms with E-state index in [1.54, 1.807) is 12.3 Å². The number of aliphatic hydroxyl groups is 1. The van der Waals surface area contributed by atoms with Crippen LogP contribution >= 0.6 is 0 Å². The number of rotatable bonds is 3. The average Bonchev–Trinajstić information content (AvgIpc) is 2.34. The standard InChI is InChI=1S/C13H14N2O2/c1-9-7-14-10(2)13(15-9)17-12-6-4-3-5-11(12)8-16/h3-7,16H,8H2,1-2H3. The summed E-state index contributed by atoms with van der Waals surface area (Å²) in [4.78, 5) is 8.46. The first kappa shape index (κ1) is 11.5. The van der Waals surface area contributed by atoms with Crippen LogP contribution in [0.25, 0.3) is 0 Å². The fourth-order valence-corrected chi connectivity index (χ4v) is 1.45. The van der Waals surface area contributed by atoms with E-state index in [-0.39, 0.29) is 6.61 Å². The lowest BCUT2D eigenvalue weighted by Gasteiger charge is -2.10. The monoisotopic (exact) mass is 230 g/mol. The lowest BCUT2D eigenvalue weighted by atomic mass is 10.2. The average molecular weight is 230 g/mol. The molecule has 0 aliphatic carbocycles. The second-order valence-electron chi connectivity index (χ2n) is 3.77. The molecular weight excluding hydrogens is 216 g/mol. The minimum Gasteiger partial charge on any atom is -0.437 e. The third-order valence-corrected chi connectivity index (χ3v) is 2.38. The van der Waals surface area contributed by atoms with Crippen molar-refractivity contribution >= 4 is 0 Å². The summed E-state index contributed by atoms with van der Waals surface area (Å²) in [6.45, 7) is 3.63. The van der Waals surface area contributed by atoms with Crippen LogP contribution in [0.1, 0.15) is 17.0 Å². The second-order valence-corrected chi connectivity index (χ2v) is 3.77. The van der Waals surface area contributed by atoms with Crippen LogP contribution < -0.4 is 4.74 Å². The molecule has 4 heteroatoms. The van der Waals surface area contributed by atoms with Crippen molar-refractivity contribution in [2.45, 2.75) is 20.5 Å². The zero-order chi connectivity index (χ0) is 12.3. The maximum atomic E-state index is 9.20. The van der Waals surface area contributed by atoms with E-state index in [0.717, 1.165) is 17.0 Å². The van der Waals surface area contributed by atoms with Crippen LogP contribution in [0.15, 0.2) is 30.5 Å². The molecule has 1 aromatic heterocycles. The maximum Gasteiger partial charge on any atom is 0.241 e. The van der Waals surface area contributed by atoms with Crippen molar-refractivity contribution in [2.24, 2.45) is 0 Å². The summed E-state index contributed by atoms with van der Waals surface area (Å²) in [5, 5.41) is 9.20. The molecule has 0 saturated heterocycles. The molecule has 0 aliphatic rings. The summed E-state index contributed by atoms with van der Waals surface area (Å²) in [5.41, 5.74) is 2.26. The van der Waals surface area contributed by atoms with E-state index in [2.05, 4.69) is 9.97 Å². The number of para-hydroxylation sites is 1. The van der Waals surface area contributed by atoms with Gasteiger partial charge in [0.1, 0.15) is 5.75 Å². The van der Waals surface area contributed by atoms with Gasteiger partial charge in [-0.2, -0.15) is 0 Å². The number of benzene rings is 1. The van der Waals surface area contributed by atoms with Crippen molar-refractivity contribution in [3.8, 4) is 11.6 Å². The Bertz CT molecular complexity index is 527. The van der Waals surface area contributed by atoms with Gasteiger partial charge in [0.15, 0.2) is 0 Å². The Balaban J connectivity index is 2.34. The zero-order valence-corrected chi connectivity index (χ0v) is 9.84. The Labute approximate surface area is 99.9 Å². The first-order valence-corrected chi connectivity index (χ1v) is 5.37. The summed E-state index contributed by atoms with van der Waals surface area (Å²) in [7, 11) is 0. The van der Waals surface area contributed by atoms with Crippen LogP contribution in [0.3, 0.4) is 0 Å². The highest BCUT2D eigenvalue weighted by Gasteiger charge is 2.07. The minimum absolute atomic E-state index is 0.0610. The van der Waals surface area contributed by atoms with Gasteiger partial charge in [-0.15, -0.1) is 0 Å². The number of aliphatic hydroxyl groups excluding tert-OH is 1. The SMILES string of the molecule is Cc1cnc(C)c(Oc2ccccc2CO)n1. The van der Waals surface area contributed by atoms with E-state index in [4.69, 9.17) is 4.74 Å². The number of nitrogens with zero attached hydrogens (tertiary/aromatic N) is 2.